The van der Waals surface area contributed by atoms with Gasteiger partial charge in [-0.2, -0.15) is 0 Å². The van der Waals surface area contributed by atoms with Crippen LogP contribution in [-0.4, -0.2) is 42.6 Å². The van der Waals surface area contributed by atoms with Crippen LogP contribution >= 0.6 is 46.4 Å². The summed E-state index contributed by atoms with van der Waals surface area (Å²) in [4.78, 5) is 14.5. The van der Waals surface area contributed by atoms with Crippen LogP contribution in [0.5, 0.6) is 0 Å². The van der Waals surface area contributed by atoms with E-state index in [1.165, 1.54) is 31.7 Å². The lowest BCUT2D eigenvalue weighted by Gasteiger charge is -2.32. The first-order chi connectivity index (χ1) is 12.4. The summed E-state index contributed by atoms with van der Waals surface area (Å²) >= 11 is 24.3. The van der Waals surface area contributed by atoms with Gasteiger partial charge in [-0.3, -0.25) is 9.69 Å². The summed E-state index contributed by atoms with van der Waals surface area (Å²) in [7, 11) is 0. The van der Waals surface area contributed by atoms with Gasteiger partial charge in [0.15, 0.2) is 0 Å². The Kier molecular flexibility index (Phi) is 7.34. The molecule has 0 spiro atoms. The topological polar surface area (TPSA) is 41.6 Å². The molecule has 1 aromatic carbocycles. The number of amides is 1. The van der Waals surface area contributed by atoms with Crippen molar-refractivity contribution in [1.29, 1.82) is 0 Å². The van der Waals surface area contributed by atoms with Crippen molar-refractivity contribution < 1.29 is 9.53 Å². The quantitative estimate of drug-likeness (QED) is 0.601. The van der Waals surface area contributed by atoms with E-state index in [1.54, 1.807) is 0 Å². The van der Waals surface area contributed by atoms with Crippen LogP contribution in [0.1, 0.15) is 38.5 Å². The summed E-state index contributed by atoms with van der Waals surface area (Å²) in [6.45, 7) is 1.94. The molecular weight excluding hydrogens is 418 g/mol. The maximum atomic E-state index is 12.4. The van der Waals surface area contributed by atoms with Gasteiger partial charge >= 0.3 is 0 Å². The van der Waals surface area contributed by atoms with Gasteiger partial charge in [0.05, 0.1) is 44.5 Å². The number of hydrogen-bond acceptors (Lipinski definition) is 3. The molecule has 0 atom stereocenters. The van der Waals surface area contributed by atoms with E-state index in [1.807, 2.05) is 0 Å². The molecule has 1 aliphatic carbocycles. The zero-order valence-corrected chi connectivity index (χ0v) is 17.4. The number of carbonyl (C=O) groups excluding carboxylic acids is 1. The van der Waals surface area contributed by atoms with Gasteiger partial charge in [-0.05, 0) is 31.7 Å². The molecule has 1 aromatic rings. The largest absolute Gasteiger partial charge is 0.375 e. The van der Waals surface area contributed by atoms with Crippen molar-refractivity contribution in [2.24, 2.45) is 0 Å². The molecule has 3 rings (SSSR count). The Balaban J connectivity index is 1.49. The fraction of sp³-hybridized carbons (Fsp3) is 0.611. The summed E-state index contributed by atoms with van der Waals surface area (Å²) in [6, 6.07) is 1.46. The Bertz CT molecular complexity index is 631. The average molecular weight is 440 g/mol. The number of halogens is 4. The fourth-order valence-electron chi connectivity index (χ4n) is 3.57. The molecule has 26 heavy (non-hydrogen) atoms. The number of carbonyl (C=O) groups is 1. The highest BCUT2D eigenvalue weighted by Gasteiger charge is 2.26. The van der Waals surface area contributed by atoms with Crippen LogP contribution in [0.15, 0.2) is 6.07 Å². The summed E-state index contributed by atoms with van der Waals surface area (Å²) in [5.41, 5.74) is 0.260. The molecule has 1 amide bonds. The highest BCUT2D eigenvalue weighted by Crippen LogP contribution is 2.41. The van der Waals surface area contributed by atoms with Crippen molar-refractivity contribution in [3.05, 3.63) is 26.2 Å². The lowest BCUT2D eigenvalue weighted by molar-refractivity contribution is -0.118. The highest BCUT2D eigenvalue weighted by atomic mass is 35.5. The number of nitrogens with zero attached hydrogens (tertiary/aromatic N) is 1. The van der Waals surface area contributed by atoms with Gasteiger partial charge in [0.2, 0.25) is 5.91 Å². The van der Waals surface area contributed by atoms with Gasteiger partial charge < -0.3 is 10.1 Å². The number of piperidine rings is 1. The molecule has 1 aliphatic heterocycles. The molecule has 8 heteroatoms. The molecule has 0 unspecified atom stereocenters. The summed E-state index contributed by atoms with van der Waals surface area (Å²) in [6.07, 6.45) is 7.59. The minimum Gasteiger partial charge on any atom is -0.375 e. The van der Waals surface area contributed by atoms with Crippen LogP contribution in [-0.2, 0) is 9.53 Å². The molecular formula is C18H22Cl4N2O2. The van der Waals surface area contributed by atoms with Crippen LogP contribution in [0.4, 0.5) is 5.69 Å². The Morgan fingerprint density at radius 2 is 1.54 bits per heavy atom. The van der Waals surface area contributed by atoms with Crippen molar-refractivity contribution in [3.63, 3.8) is 0 Å². The number of ether oxygens (including phenoxy) is 1. The Hall–Kier alpha value is -0.230. The van der Waals surface area contributed by atoms with Crippen molar-refractivity contribution in [3.8, 4) is 0 Å². The normalized spacial score (nSPS) is 19.8. The third-order valence-electron chi connectivity index (χ3n) is 4.97. The summed E-state index contributed by atoms with van der Waals surface area (Å²) < 4.78 is 6.17. The van der Waals surface area contributed by atoms with E-state index in [0.29, 0.717) is 12.2 Å². The highest BCUT2D eigenvalue weighted by molar-refractivity contribution is 6.50. The van der Waals surface area contributed by atoms with Crippen molar-refractivity contribution in [2.45, 2.75) is 50.7 Å². The molecule has 0 radical (unpaired) electrons. The van der Waals surface area contributed by atoms with Gasteiger partial charge in [-0.1, -0.05) is 59.2 Å². The first-order valence-electron chi connectivity index (χ1n) is 8.94. The van der Waals surface area contributed by atoms with Gasteiger partial charge in [-0.15, -0.1) is 0 Å². The van der Waals surface area contributed by atoms with E-state index >= 15 is 0 Å². The Morgan fingerprint density at radius 1 is 1.00 bits per heavy atom. The molecule has 0 bridgehead atoms. The minimum atomic E-state index is -0.192. The van der Waals surface area contributed by atoms with Crippen LogP contribution in [0.3, 0.4) is 0 Å². The van der Waals surface area contributed by atoms with Crippen LogP contribution in [0.25, 0.3) is 0 Å². The number of hydrogen-bond donors (Lipinski definition) is 1. The van der Waals surface area contributed by atoms with Gasteiger partial charge in [0.1, 0.15) is 0 Å². The van der Waals surface area contributed by atoms with Crippen LogP contribution in [0.2, 0.25) is 20.1 Å². The second-order valence-corrected chi connectivity index (χ2v) is 8.48. The number of rotatable bonds is 5. The molecule has 2 aliphatic rings. The second-order valence-electron chi connectivity index (χ2n) is 6.91. The van der Waals surface area contributed by atoms with Crippen LogP contribution < -0.4 is 5.32 Å². The predicted molar refractivity (Wildman–Crippen MR) is 108 cm³/mol. The maximum Gasteiger partial charge on any atom is 0.238 e. The summed E-state index contributed by atoms with van der Waals surface area (Å²) in [5.74, 6) is -0.192. The van der Waals surface area contributed by atoms with E-state index in [0.717, 1.165) is 25.9 Å². The van der Waals surface area contributed by atoms with Gasteiger partial charge in [0, 0.05) is 13.1 Å². The molecule has 144 valence electrons. The van der Waals surface area contributed by atoms with Gasteiger partial charge in [-0.25, -0.2) is 0 Å². The summed E-state index contributed by atoms with van der Waals surface area (Å²) in [5, 5.41) is 3.62. The molecule has 4 nitrogen and oxygen atoms in total. The van der Waals surface area contributed by atoms with Gasteiger partial charge in [0.25, 0.3) is 0 Å². The first-order valence-corrected chi connectivity index (χ1v) is 10.5. The molecule has 2 fully saturated rings. The molecule has 1 saturated heterocycles. The monoisotopic (exact) mass is 438 g/mol. The lowest BCUT2D eigenvalue weighted by Crippen LogP contribution is -2.42. The number of benzene rings is 1. The average Bonchev–Trinajstić information content (AvgIpc) is 3.12. The standard InChI is InChI=1S/C18H22Cl4N2O2/c19-13-9-14(20)17(22)18(16(13)21)23-15(25)10-24-7-5-12(6-8-24)26-11-3-1-2-4-11/h9,11-12H,1-8,10H2,(H,23,25). The minimum absolute atomic E-state index is 0.192. The van der Waals surface area contributed by atoms with Crippen molar-refractivity contribution in [2.75, 3.05) is 25.0 Å². The Labute approximate surface area is 174 Å². The fourth-order valence-corrected chi connectivity index (χ4v) is 4.47. The van der Waals surface area contributed by atoms with E-state index in [-0.39, 0.29) is 38.2 Å². The third-order valence-corrected chi connectivity index (χ3v) is 6.54. The Morgan fingerprint density at radius 3 is 2.12 bits per heavy atom. The second kappa shape index (κ2) is 9.31. The van der Waals surface area contributed by atoms with E-state index in [9.17, 15) is 4.79 Å². The zero-order valence-electron chi connectivity index (χ0n) is 14.4. The first kappa shape index (κ1) is 20.5. The third kappa shape index (κ3) is 5.18. The predicted octanol–water partition coefficient (Wildman–Crippen LogP) is 5.66. The molecule has 0 aromatic heterocycles. The van der Waals surface area contributed by atoms with E-state index in [2.05, 4.69) is 10.2 Å². The molecule has 1 N–H and O–H groups in total. The maximum absolute atomic E-state index is 12.4. The number of anilines is 1. The zero-order chi connectivity index (χ0) is 18.7. The van der Waals surface area contributed by atoms with Crippen molar-refractivity contribution >= 4 is 58.0 Å². The molecule has 1 heterocycles. The van der Waals surface area contributed by atoms with E-state index in [4.69, 9.17) is 51.1 Å². The number of likely N-dealkylation sites (tertiary alicyclic amines) is 1. The molecule has 1 saturated carbocycles. The lowest BCUT2D eigenvalue weighted by atomic mass is 10.1. The SMILES string of the molecule is O=C(CN1CCC(OC2CCCC2)CC1)Nc1c(Cl)c(Cl)cc(Cl)c1Cl. The van der Waals surface area contributed by atoms with Crippen molar-refractivity contribution in [1.82, 2.24) is 4.90 Å². The van der Waals surface area contributed by atoms with Crippen LogP contribution in [0, 0.1) is 0 Å². The number of nitrogens with one attached hydrogen (secondary N) is 1. The van der Waals surface area contributed by atoms with E-state index < -0.39 is 0 Å². The smallest absolute Gasteiger partial charge is 0.238 e.